The summed E-state index contributed by atoms with van der Waals surface area (Å²) in [4.78, 5) is 4.85. The first kappa shape index (κ1) is 24.9. The van der Waals surface area contributed by atoms with Gasteiger partial charge in [0.15, 0.2) is 0 Å². The summed E-state index contributed by atoms with van der Waals surface area (Å²) in [5.41, 5.74) is 14.4. The molecule has 0 unspecified atom stereocenters. The van der Waals surface area contributed by atoms with E-state index in [1.807, 2.05) is 30.3 Å². The fourth-order valence-electron chi connectivity index (χ4n) is 3.37. The van der Waals surface area contributed by atoms with E-state index in [9.17, 15) is 0 Å². The topological polar surface area (TPSA) is 104 Å². The predicted molar refractivity (Wildman–Crippen MR) is 130 cm³/mol. The lowest BCUT2D eigenvalue weighted by Crippen LogP contribution is -2.48. The summed E-state index contributed by atoms with van der Waals surface area (Å²) in [7, 11) is 1.60. The summed E-state index contributed by atoms with van der Waals surface area (Å²) in [6, 6.07) is 9.44. The van der Waals surface area contributed by atoms with Gasteiger partial charge in [-0.25, -0.2) is 0 Å². The molecule has 1 aliphatic heterocycles. The number of halogens is 1. The zero-order valence-corrected chi connectivity index (χ0v) is 19.3. The first-order valence-electron chi connectivity index (χ1n) is 10.6. The monoisotopic (exact) mass is 446 g/mol. The lowest BCUT2D eigenvalue weighted by molar-refractivity contribution is 0.138. The first-order valence-corrected chi connectivity index (χ1v) is 11.0. The Labute approximate surface area is 190 Å². The van der Waals surface area contributed by atoms with Crippen LogP contribution in [0.4, 0.5) is 0 Å². The molecule has 0 radical (unpaired) electrons. The lowest BCUT2D eigenvalue weighted by Gasteiger charge is -2.34. The summed E-state index contributed by atoms with van der Waals surface area (Å²) in [6.45, 7) is 9.47. The molecule has 0 saturated carbocycles. The van der Waals surface area contributed by atoms with Crippen molar-refractivity contribution in [3.05, 3.63) is 64.5 Å². The molecule has 1 aromatic rings. The highest BCUT2D eigenvalue weighted by atomic mass is 35.5. The fraction of sp³-hybridized carbons (Fsp3) is 0.435. The Balaban J connectivity index is 2.16. The maximum absolute atomic E-state index is 8.51. The summed E-state index contributed by atoms with van der Waals surface area (Å²) in [5.74, 6) is 0.336. The van der Waals surface area contributed by atoms with Gasteiger partial charge < -0.3 is 31.8 Å². The average molecular weight is 447 g/mol. The Kier molecular flexibility index (Phi) is 10.6. The normalized spacial score (nSPS) is 17.4. The fourth-order valence-corrected chi connectivity index (χ4v) is 3.69. The number of hydrogen-bond donors (Lipinski definition) is 4. The Morgan fingerprint density at radius 1 is 1.16 bits per heavy atom. The molecule has 1 aromatic carbocycles. The number of benzene rings is 1. The molecule has 0 aliphatic carbocycles. The summed E-state index contributed by atoms with van der Waals surface area (Å²) >= 11 is 6.65. The van der Waals surface area contributed by atoms with Crippen molar-refractivity contribution in [3.63, 3.8) is 0 Å². The van der Waals surface area contributed by atoms with Crippen molar-refractivity contribution < 1.29 is 4.74 Å². The van der Waals surface area contributed by atoms with Crippen LogP contribution in [-0.4, -0.2) is 75.0 Å². The quantitative estimate of drug-likeness (QED) is 0.307. The SMILES string of the molecule is CCN1CCN(CCN/C(N)=C(C(=N)/C=C/COC)/C(Cl)=C(\N)c2ccccc2)CC1. The third kappa shape index (κ3) is 7.70. The van der Waals surface area contributed by atoms with E-state index in [0.29, 0.717) is 30.2 Å². The molecule has 1 heterocycles. The molecule has 31 heavy (non-hydrogen) atoms. The zero-order chi connectivity index (χ0) is 22.6. The van der Waals surface area contributed by atoms with E-state index in [0.717, 1.165) is 44.8 Å². The summed E-state index contributed by atoms with van der Waals surface area (Å²) in [6.07, 6.45) is 3.36. The Hall–Kier alpha value is -2.32. The van der Waals surface area contributed by atoms with Gasteiger partial charge in [0.25, 0.3) is 0 Å². The molecule has 0 atom stereocenters. The second kappa shape index (κ2) is 13.2. The summed E-state index contributed by atoms with van der Waals surface area (Å²) in [5, 5.41) is 12.0. The highest BCUT2D eigenvalue weighted by Gasteiger charge is 2.18. The minimum atomic E-state index is 0.169. The minimum absolute atomic E-state index is 0.169. The van der Waals surface area contributed by atoms with Gasteiger partial charge in [0.2, 0.25) is 0 Å². The van der Waals surface area contributed by atoms with Crippen LogP contribution in [0.3, 0.4) is 0 Å². The van der Waals surface area contributed by atoms with Crippen LogP contribution in [0.25, 0.3) is 5.70 Å². The van der Waals surface area contributed by atoms with E-state index in [1.165, 1.54) is 0 Å². The van der Waals surface area contributed by atoms with Crippen LogP contribution in [0, 0.1) is 5.41 Å². The van der Waals surface area contributed by atoms with E-state index in [4.69, 9.17) is 33.2 Å². The van der Waals surface area contributed by atoms with Crippen molar-refractivity contribution in [1.82, 2.24) is 15.1 Å². The Bertz CT molecular complexity index is 798. The zero-order valence-electron chi connectivity index (χ0n) is 18.5. The molecule has 1 fully saturated rings. The number of nitrogens with two attached hydrogens (primary N) is 2. The van der Waals surface area contributed by atoms with E-state index < -0.39 is 0 Å². The molecule has 6 N–H and O–H groups in total. The van der Waals surface area contributed by atoms with Crippen molar-refractivity contribution in [1.29, 1.82) is 5.41 Å². The van der Waals surface area contributed by atoms with Crippen LogP contribution in [0.2, 0.25) is 0 Å². The minimum Gasteiger partial charge on any atom is -0.397 e. The van der Waals surface area contributed by atoms with Crippen molar-refractivity contribution in [2.24, 2.45) is 11.5 Å². The van der Waals surface area contributed by atoms with E-state index in [1.54, 1.807) is 19.3 Å². The molecule has 8 heteroatoms. The van der Waals surface area contributed by atoms with E-state index >= 15 is 0 Å². The number of methoxy groups -OCH3 is 1. The highest BCUT2D eigenvalue weighted by Crippen LogP contribution is 2.25. The molecular formula is C23H35ClN6O. The molecule has 7 nitrogen and oxygen atoms in total. The number of rotatable bonds is 11. The van der Waals surface area contributed by atoms with Crippen LogP contribution in [0.1, 0.15) is 12.5 Å². The lowest BCUT2D eigenvalue weighted by atomic mass is 10.0. The number of nitrogens with zero attached hydrogens (tertiary/aromatic N) is 2. The van der Waals surface area contributed by atoms with Crippen LogP contribution in [0.15, 0.2) is 58.9 Å². The van der Waals surface area contributed by atoms with Gasteiger partial charge >= 0.3 is 0 Å². The van der Waals surface area contributed by atoms with Gasteiger partial charge in [-0.3, -0.25) is 4.90 Å². The molecule has 170 valence electrons. The highest BCUT2D eigenvalue weighted by molar-refractivity contribution is 6.39. The van der Waals surface area contributed by atoms with Crippen LogP contribution >= 0.6 is 11.6 Å². The Morgan fingerprint density at radius 2 is 1.81 bits per heavy atom. The average Bonchev–Trinajstić information content (AvgIpc) is 2.80. The maximum atomic E-state index is 8.51. The molecule has 1 saturated heterocycles. The first-order chi connectivity index (χ1) is 15.0. The molecular weight excluding hydrogens is 412 g/mol. The number of allylic oxidation sites excluding steroid dienone is 3. The van der Waals surface area contributed by atoms with Crippen LogP contribution in [0.5, 0.6) is 0 Å². The Morgan fingerprint density at radius 3 is 2.42 bits per heavy atom. The summed E-state index contributed by atoms with van der Waals surface area (Å²) < 4.78 is 5.03. The second-order valence-corrected chi connectivity index (χ2v) is 7.73. The van der Waals surface area contributed by atoms with E-state index in [2.05, 4.69) is 22.0 Å². The maximum Gasteiger partial charge on any atom is 0.107 e. The van der Waals surface area contributed by atoms with Crippen molar-refractivity contribution in [2.45, 2.75) is 6.92 Å². The van der Waals surface area contributed by atoms with Crippen molar-refractivity contribution in [2.75, 3.05) is 59.5 Å². The van der Waals surface area contributed by atoms with Gasteiger partial charge in [-0.1, -0.05) is 54.9 Å². The third-order valence-electron chi connectivity index (χ3n) is 5.28. The number of ether oxygens (including phenoxy) is 1. The van der Waals surface area contributed by atoms with Gasteiger partial charge in [0.1, 0.15) is 5.82 Å². The van der Waals surface area contributed by atoms with Gasteiger partial charge in [-0.05, 0) is 18.2 Å². The van der Waals surface area contributed by atoms with Gasteiger partial charge in [-0.2, -0.15) is 0 Å². The van der Waals surface area contributed by atoms with Crippen molar-refractivity contribution in [3.8, 4) is 0 Å². The molecule has 2 rings (SSSR count). The van der Waals surface area contributed by atoms with E-state index in [-0.39, 0.29) is 10.7 Å². The third-order valence-corrected chi connectivity index (χ3v) is 5.68. The number of hydrogen-bond acceptors (Lipinski definition) is 7. The molecule has 0 bridgehead atoms. The van der Waals surface area contributed by atoms with Crippen LogP contribution < -0.4 is 16.8 Å². The number of nitrogens with one attached hydrogen (secondary N) is 2. The second-order valence-electron chi connectivity index (χ2n) is 7.36. The predicted octanol–water partition coefficient (Wildman–Crippen LogP) is 2.17. The van der Waals surface area contributed by atoms with Crippen LogP contribution in [-0.2, 0) is 4.74 Å². The number of piperazine rings is 1. The largest absolute Gasteiger partial charge is 0.397 e. The number of likely N-dealkylation sites (N-methyl/N-ethyl adjacent to an activating group) is 1. The van der Waals surface area contributed by atoms with Gasteiger partial charge in [0, 0.05) is 46.4 Å². The molecule has 0 spiro atoms. The molecule has 0 amide bonds. The molecule has 1 aliphatic rings. The van der Waals surface area contributed by atoms with Gasteiger partial charge in [0.05, 0.1) is 28.6 Å². The van der Waals surface area contributed by atoms with Crippen molar-refractivity contribution >= 4 is 23.0 Å². The van der Waals surface area contributed by atoms with Gasteiger partial charge in [-0.15, -0.1) is 0 Å². The smallest absolute Gasteiger partial charge is 0.107 e. The standard InChI is InChI=1S/C23H35ClN6O/c1-3-29-13-15-30(16-14-29)12-11-28-23(27)20(19(25)10-7-17-31-2)21(24)22(26)18-8-5-4-6-9-18/h4-10,25,28H,3,11-17,26-27H2,1-2H3/b10-7+,22-21+,23-20+,25-19?. The molecule has 0 aromatic heterocycles.